The summed E-state index contributed by atoms with van der Waals surface area (Å²) in [7, 11) is -2.05. The largest absolute Gasteiger partial charge is 0.397 e. The predicted molar refractivity (Wildman–Crippen MR) is 137 cm³/mol. The first-order valence-corrected chi connectivity index (χ1v) is 13.0. The predicted octanol–water partition coefficient (Wildman–Crippen LogP) is 2.72. The smallest absolute Gasteiger partial charge is 0.256 e. The van der Waals surface area contributed by atoms with Crippen LogP contribution < -0.4 is 11.1 Å². The monoisotopic (exact) mass is 497 g/mol. The first kappa shape index (κ1) is 25.1. The van der Waals surface area contributed by atoms with Gasteiger partial charge in [0.2, 0.25) is 10.0 Å². The lowest BCUT2D eigenvalue weighted by Crippen LogP contribution is -2.36. The van der Waals surface area contributed by atoms with E-state index in [0.717, 1.165) is 36.0 Å². The summed E-state index contributed by atoms with van der Waals surface area (Å²) < 4.78 is 33.2. The molecule has 0 unspecified atom stereocenters. The lowest BCUT2D eigenvalue weighted by atomic mass is 10.0. The van der Waals surface area contributed by atoms with Gasteiger partial charge < -0.3 is 15.8 Å². The number of pyridine rings is 1. The van der Waals surface area contributed by atoms with E-state index in [1.165, 1.54) is 22.5 Å². The third-order valence-electron chi connectivity index (χ3n) is 6.26. The minimum absolute atomic E-state index is 0.115. The Hall–Kier alpha value is -3.05. The molecule has 0 atom stereocenters. The van der Waals surface area contributed by atoms with Gasteiger partial charge in [0.15, 0.2) is 0 Å². The fourth-order valence-electron chi connectivity index (χ4n) is 4.26. The number of hydrogen-bond acceptors (Lipinski definition) is 7. The van der Waals surface area contributed by atoms with Gasteiger partial charge in [0.25, 0.3) is 5.91 Å². The minimum atomic E-state index is -3.71. The number of amides is 1. The van der Waals surface area contributed by atoms with Gasteiger partial charge >= 0.3 is 0 Å². The molecule has 3 N–H and O–H groups in total. The van der Waals surface area contributed by atoms with E-state index < -0.39 is 10.0 Å². The molecule has 35 heavy (non-hydrogen) atoms. The van der Waals surface area contributed by atoms with E-state index in [1.54, 1.807) is 19.4 Å². The summed E-state index contributed by atoms with van der Waals surface area (Å²) in [6, 6.07) is 11.9. The van der Waals surface area contributed by atoms with Crippen molar-refractivity contribution in [3.63, 3.8) is 0 Å². The molecule has 1 amide bonds. The average molecular weight is 498 g/mol. The lowest BCUT2D eigenvalue weighted by Gasteiger charge is -2.22. The highest BCUT2D eigenvalue weighted by Crippen LogP contribution is 2.27. The SMILES string of the molecule is COCCN1CCCN(S(=O)(=O)c2ccc(NC(=O)c3cc4ncccc4cc3C)c(N)c2)CC1. The van der Waals surface area contributed by atoms with Crippen molar-refractivity contribution >= 4 is 38.2 Å². The molecule has 0 radical (unpaired) electrons. The maximum atomic E-state index is 13.3. The number of aryl methyl sites for hydroxylation is 1. The maximum absolute atomic E-state index is 13.3. The molecular weight excluding hydrogens is 466 g/mol. The summed E-state index contributed by atoms with van der Waals surface area (Å²) in [6.45, 7) is 5.57. The minimum Gasteiger partial charge on any atom is -0.397 e. The highest BCUT2D eigenvalue weighted by molar-refractivity contribution is 7.89. The molecule has 0 bridgehead atoms. The van der Waals surface area contributed by atoms with Crippen LogP contribution in [0.4, 0.5) is 11.4 Å². The van der Waals surface area contributed by atoms with Crippen molar-refractivity contribution in [2.45, 2.75) is 18.2 Å². The molecule has 1 aliphatic heterocycles. The molecule has 2 heterocycles. The van der Waals surface area contributed by atoms with E-state index in [9.17, 15) is 13.2 Å². The van der Waals surface area contributed by atoms with Crippen LogP contribution in [0.15, 0.2) is 53.6 Å². The number of anilines is 2. The number of ether oxygens (including phenoxy) is 1. The molecule has 1 aliphatic rings. The second-order valence-corrected chi connectivity index (χ2v) is 10.6. The molecule has 2 aromatic carbocycles. The number of aromatic nitrogens is 1. The van der Waals surface area contributed by atoms with Crippen molar-refractivity contribution in [2.24, 2.45) is 0 Å². The Bertz CT molecular complexity index is 1330. The molecule has 0 aliphatic carbocycles. The number of methoxy groups -OCH3 is 1. The maximum Gasteiger partial charge on any atom is 0.256 e. The molecule has 4 rings (SSSR count). The summed E-state index contributed by atoms with van der Waals surface area (Å²) in [5.74, 6) is -0.332. The van der Waals surface area contributed by atoms with Crippen molar-refractivity contribution in [3.8, 4) is 0 Å². The zero-order valence-corrected chi connectivity index (χ0v) is 20.8. The van der Waals surface area contributed by atoms with Gasteiger partial charge in [0.1, 0.15) is 0 Å². The molecule has 186 valence electrons. The van der Waals surface area contributed by atoms with Crippen LogP contribution >= 0.6 is 0 Å². The molecular formula is C25H31N5O4S. The van der Waals surface area contributed by atoms with E-state index in [4.69, 9.17) is 10.5 Å². The lowest BCUT2D eigenvalue weighted by molar-refractivity contribution is 0.102. The van der Waals surface area contributed by atoms with Gasteiger partial charge in [0, 0.05) is 50.4 Å². The van der Waals surface area contributed by atoms with E-state index in [2.05, 4.69) is 15.2 Å². The first-order valence-electron chi connectivity index (χ1n) is 11.6. The number of benzene rings is 2. The van der Waals surface area contributed by atoms with Gasteiger partial charge in [-0.2, -0.15) is 4.31 Å². The second kappa shape index (κ2) is 10.7. The number of fused-ring (bicyclic) bond motifs is 1. The number of nitrogen functional groups attached to an aromatic ring is 1. The second-order valence-electron chi connectivity index (χ2n) is 8.66. The first-order chi connectivity index (χ1) is 16.8. The standard InChI is InChI=1S/C25H31N5O4S/c1-18-15-19-5-3-8-27-24(19)17-21(18)25(31)28-23-7-6-20(16-22(23)26)35(32,33)30-10-4-9-29(11-12-30)13-14-34-2/h3,5-8,15-17H,4,9-14,26H2,1-2H3,(H,28,31). The van der Waals surface area contributed by atoms with Crippen LogP contribution in [0.2, 0.25) is 0 Å². The summed E-state index contributed by atoms with van der Waals surface area (Å²) >= 11 is 0. The Morgan fingerprint density at radius 2 is 1.97 bits per heavy atom. The highest BCUT2D eigenvalue weighted by Gasteiger charge is 2.27. The quantitative estimate of drug-likeness (QED) is 0.482. The Labute approximate surface area is 205 Å². The van der Waals surface area contributed by atoms with Crippen LogP contribution in [0.3, 0.4) is 0 Å². The molecule has 9 nitrogen and oxygen atoms in total. The van der Waals surface area contributed by atoms with Crippen LogP contribution in [0.1, 0.15) is 22.3 Å². The molecule has 1 saturated heterocycles. The van der Waals surface area contributed by atoms with Crippen LogP contribution in [0.5, 0.6) is 0 Å². The fraction of sp³-hybridized carbons (Fsp3) is 0.360. The Kier molecular flexibility index (Phi) is 7.66. The van der Waals surface area contributed by atoms with Crippen molar-refractivity contribution in [1.82, 2.24) is 14.2 Å². The van der Waals surface area contributed by atoms with Gasteiger partial charge in [-0.3, -0.25) is 14.7 Å². The zero-order chi connectivity index (χ0) is 25.0. The van der Waals surface area contributed by atoms with E-state index in [1.807, 2.05) is 25.1 Å². The molecule has 1 aromatic heterocycles. The van der Waals surface area contributed by atoms with E-state index in [-0.39, 0.29) is 16.5 Å². The van der Waals surface area contributed by atoms with Crippen molar-refractivity contribution in [3.05, 3.63) is 59.8 Å². The van der Waals surface area contributed by atoms with Gasteiger partial charge in [-0.15, -0.1) is 0 Å². The van der Waals surface area contributed by atoms with Crippen LogP contribution in [0.25, 0.3) is 10.9 Å². The molecule has 0 spiro atoms. The number of nitrogens with two attached hydrogens (primary N) is 1. The number of carbonyl (C=O) groups excluding carboxylic acids is 1. The van der Waals surface area contributed by atoms with E-state index >= 15 is 0 Å². The van der Waals surface area contributed by atoms with Gasteiger partial charge in [-0.25, -0.2) is 8.42 Å². The summed E-state index contributed by atoms with van der Waals surface area (Å²) in [5.41, 5.74) is 8.73. The number of rotatable bonds is 7. The number of sulfonamides is 1. The summed E-state index contributed by atoms with van der Waals surface area (Å²) in [6.07, 6.45) is 2.42. The molecule has 10 heteroatoms. The zero-order valence-electron chi connectivity index (χ0n) is 20.0. The van der Waals surface area contributed by atoms with Crippen LogP contribution in [-0.2, 0) is 14.8 Å². The van der Waals surface area contributed by atoms with Crippen molar-refractivity contribution < 1.29 is 17.9 Å². The normalized spacial score (nSPS) is 15.7. The van der Waals surface area contributed by atoms with Gasteiger partial charge in [0.05, 0.1) is 28.4 Å². The molecule has 1 fully saturated rings. The third-order valence-corrected chi connectivity index (χ3v) is 8.16. The number of hydrogen-bond donors (Lipinski definition) is 2. The van der Waals surface area contributed by atoms with Gasteiger partial charge in [-0.1, -0.05) is 6.07 Å². The molecule has 3 aromatic rings. The van der Waals surface area contributed by atoms with E-state index in [0.29, 0.717) is 37.5 Å². The third kappa shape index (κ3) is 5.62. The Balaban J connectivity index is 1.49. The fourth-order valence-corrected chi connectivity index (χ4v) is 5.77. The number of nitrogens with one attached hydrogen (secondary N) is 1. The highest BCUT2D eigenvalue weighted by atomic mass is 32.2. The van der Waals surface area contributed by atoms with Crippen molar-refractivity contribution in [2.75, 3.05) is 57.5 Å². The Morgan fingerprint density at radius 1 is 1.14 bits per heavy atom. The summed E-state index contributed by atoms with van der Waals surface area (Å²) in [5, 5.41) is 3.76. The van der Waals surface area contributed by atoms with Crippen LogP contribution in [0, 0.1) is 6.92 Å². The van der Waals surface area contributed by atoms with Gasteiger partial charge in [-0.05, 0) is 61.9 Å². The number of carbonyl (C=O) groups is 1. The topological polar surface area (TPSA) is 118 Å². The van der Waals surface area contributed by atoms with Crippen LogP contribution in [-0.4, -0.2) is 75.0 Å². The Morgan fingerprint density at radius 3 is 2.74 bits per heavy atom. The number of nitrogens with zero attached hydrogens (tertiary/aromatic N) is 3. The average Bonchev–Trinajstić information content (AvgIpc) is 3.09. The van der Waals surface area contributed by atoms with Crippen molar-refractivity contribution in [1.29, 1.82) is 0 Å². The summed E-state index contributed by atoms with van der Waals surface area (Å²) in [4.78, 5) is 19.6. The molecule has 0 saturated carbocycles.